The molecule has 3 heterocycles. The zero-order valence-corrected chi connectivity index (χ0v) is 16.9. The van der Waals surface area contributed by atoms with E-state index >= 15 is 0 Å². The van der Waals surface area contributed by atoms with Crippen LogP contribution in [0, 0.1) is 6.92 Å². The number of aryl methyl sites for hydroxylation is 1. The van der Waals surface area contributed by atoms with E-state index in [4.69, 9.17) is 15.0 Å². The van der Waals surface area contributed by atoms with Crippen LogP contribution in [-0.2, 0) is 6.54 Å². The van der Waals surface area contributed by atoms with E-state index in [1.165, 1.54) is 13.3 Å². The molecule has 31 heavy (non-hydrogen) atoms. The highest BCUT2D eigenvalue weighted by molar-refractivity contribution is 6.08. The van der Waals surface area contributed by atoms with Crippen LogP contribution in [0.2, 0.25) is 0 Å². The minimum Gasteiger partial charge on any atom is -0.478 e. The van der Waals surface area contributed by atoms with Crippen LogP contribution in [0.4, 0.5) is 5.82 Å². The molecule has 0 spiro atoms. The van der Waals surface area contributed by atoms with Crippen LogP contribution < -0.4 is 15.8 Å². The molecule has 0 bridgehead atoms. The molecule has 0 aliphatic heterocycles. The van der Waals surface area contributed by atoms with Gasteiger partial charge in [0.2, 0.25) is 0 Å². The number of ether oxygens (including phenoxy) is 1. The van der Waals surface area contributed by atoms with Crippen molar-refractivity contribution in [2.45, 2.75) is 13.5 Å². The largest absolute Gasteiger partial charge is 0.478 e. The average molecular weight is 417 g/mol. The van der Waals surface area contributed by atoms with Crippen LogP contribution in [0.5, 0.6) is 5.88 Å². The molecule has 10 nitrogen and oxygen atoms in total. The predicted octanol–water partition coefficient (Wildman–Crippen LogP) is 2.62. The Balaban J connectivity index is 1.63. The highest BCUT2D eigenvalue weighted by Crippen LogP contribution is 2.28. The Bertz CT molecular complexity index is 1210. The van der Waals surface area contributed by atoms with Gasteiger partial charge in [-0.3, -0.25) is 4.79 Å². The van der Waals surface area contributed by atoms with Crippen LogP contribution in [0.3, 0.4) is 0 Å². The Labute approximate surface area is 177 Å². The molecular weight excluding hydrogens is 398 g/mol. The Hall–Kier alpha value is -4.18. The van der Waals surface area contributed by atoms with Crippen molar-refractivity contribution >= 4 is 11.7 Å². The number of carbonyl (C=O) groups excluding carboxylic acids is 1. The number of hydrogen-bond donors (Lipinski definition) is 2. The second kappa shape index (κ2) is 8.67. The Kier molecular flexibility index (Phi) is 5.63. The van der Waals surface area contributed by atoms with Gasteiger partial charge in [-0.15, -0.1) is 0 Å². The van der Waals surface area contributed by atoms with Crippen molar-refractivity contribution in [2.24, 2.45) is 5.73 Å². The summed E-state index contributed by atoms with van der Waals surface area (Å²) in [5.74, 6) is 0.774. The Morgan fingerprint density at radius 3 is 2.52 bits per heavy atom. The molecular formula is C21H19N7O3. The highest BCUT2D eigenvalue weighted by atomic mass is 16.5. The van der Waals surface area contributed by atoms with E-state index in [-0.39, 0.29) is 18.2 Å². The fourth-order valence-corrected chi connectivity index (χ4v) is 2.93. The molecule has 0 unspecified atom stereocenters. The molecule has 156 valence electrons. The first-order valence-corrected chi connectivity index (χ1v) is 9.36. The minimum atomic E-state index is -0.436. The Morgan fingerprint density at radius 1 is 1.10 bits per heavy atom. The third kappa shape index (κ3) is 4.09. The van der Waals surface area contributed by atoms with Gasteiger partial charge in [-0.05, 0) is 6.92 Å². The van der Waals surface area contributed by atoms with Crippen molar-refractivity contribution in [3.05, 3.63) is 66.1 Å². The smallest absolute Gasteiger partial charge is 0.262 e. The summed E-state index contributed by atoms with van der Waals surface area (Å²) in [6.07, 6.45) is 4.70. The fourth-order valence-electron chi connectivity index (χ4n) is 2.93. The van der Waals surface area contributed by atoms with Crippen LogP contribution in [-0.4, -0.2) is 38.1 Å². The molecule has 0 aliphatic carbocycles. The number of anilines is 1. The molecule has 4 rings (SSSR count). The number of benzene rings is 1. The van der Waals surface area contributed by atoms with Gasteiger partial charge >= 0.3 is 0 Å². The average Bonchev–Trinajstić information content (AvgIpc) is 3.21. The number of rotatable bonds is 6. The molecule has 0 fully saturated rings. The van der Waals surface area contributed by atoms with Gasteiger partial charge in [0.1, 0.15) is 22.8 Å². The molecule has 0 saturated heterocycles. The molecule has 4 aromatic rings. The van der Waals surface area contributed by atoms with Gasteiger partial charge in [-0.2, -0.15) is 0 Å². The number of nitrogens with two attached hydrogens (primary N) is 1. The van der Waals surface area contributed by atoms with E-state index in [9.17, 15) is 4.79 Å². The summed E-state index contributed by atoms with van der Waals surface area (Å²) < 4.78 is 10.6. The maximum Gasteiger partial charge on any atom is 0.262 e. The number of amides is 1. The van der Waals surface area contributed by atoms with Crippen LogP contribution in [0.25, 0.3) is 22.5 Å². The lowest BCUT2D eigenvalue weighted by molar-refractivity contribution is 0.102. The van der Waals surface area contributed by atoms with Gasteiger partial charge in [-0.25, -0.2) is 19.9 Å². The van der Waals surface area contributed by atoms with Crippen molar-refractivity contribution in [3.8, 4) is 28.4 Å². The summed E-state index contributed by atoms with van der Waals surface area (Å²) in [5, 5.41) is 6.76. The topological polar surface area (TPSA) is 142 Å². The fraction of sp³-hybridized carbons (Fsp3) is 0.143. The molecule has 1 amide bonds. The van der Waals surface area contributed by atoms with E-state index in [0.29, 0.717) is 34.1 Å². The second-order valence-corrected chi connectivity index (χ2v) is 6.49. The zero-order chi connectivity index (χ0) is 21.8. The molecule has 0 atom stereocenters. The monoisotopic (exact) mass is 417 g/mol. The molecule has 0 radical (unpaired) electrons. The molecule has 0 aliphatic rings. The standard InChI is InChI=1S/C21H19N7O3/c1-12-17(18(28-31-12)13-6-4-3-5-7-13)20(29)27-19-21(30-2)26-15(11-25-19)14-9-23-16(8-22)24-10-14/h3-7,9-11H,8,22H2,1-2H3,(H,25,27,29). The van der Waals surface area contributed by atoms with Gasteiger partial charge in [-0.1, -0.05) is 35.5 Å². The number of nitrogens with zero attached hydrogens (tertiary/aromatic N) is 5. The van der Waals surface area contributed by atoms with Gasteiger partial charge in [0, 0.05) is 23.5 Å². The molecule has 1 aromatic carbocycles. The van der Waals surface area contributed by atoms with Crippen LogP contribution in [0.1, 0.15) is 21.9 Å². The van der Waals surface area contributed by atoms with Crippen molar-refractivity contribution < 1.29 is 14.1 Å². The summed E-state index contributed by atoms with van der Waals surface area (Å²) >= 11 is 0. The lowest BCUT2D eigenvalue weighted by Crippen LogP contribution is -2.16. The lowest BCUT2D eigenvalue weighted by atomic mass is 10.1. The molecule has 0 saturated carbocycles. The minimum absolute atomic E-state index is 0.143. The van der Waals surface area contributed by atoms with Gasteiger partial charge < -0.3 is 20.3 Å². The molecule has 3 N–H and O–H groups in total. The van der Waals surface area contributed by atoms with Gasteiger partial charge in [0.05, 0.1) is 25.5 Å². The first-order chi connectivity index (χ1) is 15.1. The normalized spacial score (nSPS) is 10.7. The van der Waals surface area contributed by atoms with E-state index in [0.717, 1.165) is 5.56 Å². The van der Waals surface area contributed by atoms with Crippen molar-refractivity contribution in [2.75, 3.05) is 12.4 Å². The summed E-state index contributed by atoms with van der Waals surface area (Å²) in [4.78, 5) is 30.0. The SMILES string of the molecule is COc1nc(-c2cnc(CN)nc2)cnc1NC(=O)c1c(-c2ccccc2)noc1C. The first kappa shape index (κ1) is 20.1. The molecule has 3 aromatic heterocycles. The Morgan fingerprint density at radius 2 is 1.84 bits per heavy atom. The summed E-state index contributed by atoms with van der Waals surface area (Å²) in [6.45, 7) is 1.92. The maximum atomic E-state index is 13.0. The molecule has 10 heteroatoms. The number of methoxy groups -OCH3 is 1. The highest BCUT2D eigenvalue weighted by Gasteiger charge is 2.23. The third-order valence-corrected chi connectivity index (χ3v) is 4.49. The number of hydrogen-bond acceptors (Lipinski definition) is 9. The van der Waals surface area contributed by atoms with E-state index in [1.807, 2.05) is 30.3 Å². The third-order valence-electron chi connectivity index (χ3n) is 4.49. The predicted molar refractivity (Wildman–Crippen MR) is 112 cm³/mol. The number of carbonyl (C=O) groups is 1. The summed E-state index contributed by atoms with van der Waals surface area (Å²) in [6, 6.07) is 9.30. The van der Waals surface area contributed by atoms with E-state index < -0.39 is 5.91 Å². The number of nitrogens with one attached hydrogen (secondary N) is 1. The first-order valence-electron chi connectivity index (χ1n) is 9.36. The summed E-state index contributed by atoms with van der Waals surface area (Å²) in [7, 11) is 1.44. The van der Waals surface area contributed by atoms with E-state index in [1.54, 1.807) is 19.3 Å². The lowest BCUT2D eigenvalue weighted by Gasteiger charge is -2.10. The number of aromatic nitrogens is 5. The maximum absolute atomic E-state index is 13.0. The van der Waals surface area contributed by atoms with Crippen LogP contribution in [0.15, 0.2) is 53.4 Å². The van der Waals surface area contributed by atoms with Crippen LogP contribution >= 0.6 is 0 Å². The summed E-state index contributed by atoms with van der Waals surface area (Å²) in [5.41, 5.74) is 8.17. The second-order valence-electron chi connectivity index (χ2n) is 6.49. The van der Waals surface area contributed by atoms with Gasteiger partial charge in [0.15, 0.2) is 5.82 Å². The van der Waals surface area contributed by atoms with Crippen molar-refractivity contribution in [1.82, 2.24) is 25.1 Å². The van der Waals surface area contributed by atoms with Crippen molar-refractivity contribution in [1.29, 1.82) is 0 Å². The van der Waals surface area contributed by atoms with Gasteiger partial charge in [0.25, 0.3) is 11.8 Å². The van der Waals surface area contributed by atoms with E-state index in [2.05, 4.69) is 30.4 Å². The quantitative estimate of drug-likeness (QED) is 0.484. The van der Waals surface area contributed by atoms with Crippen molar-refractivity contribution in [3.63, 3.8) is 0 Å². The zero-order valence-electron chi connectivity index (χ0n) is 16.9.